The van der Waals surface area contributed by atoms with Crippen molar-refractivity contribution in [3.8, 4) is 0 Å². The molecule has 0 bridgehead atoms. The monoisotopic (exact) mass is 315 g/mol. The Morgan fingerprint density at radius 2 is 2.33 bits per heavy atom. The zero-order valence-electron chi connectivity index (χ0n) is 10.8. The minimum atomic E-state index is -0.167. The molecule has 1 heterocycles. The van der Waals surface area contributed by atoms with Crippen LogP contribution in [0, 0.1) is 0 Å². The van der Waals surface area contributed by atoms with Crippen molar-refractivity contribution >= 4 is 27.7 Å². The first-order chi connectivity index (χ1) is 8.58. The molecule has 0 saturated carbocycles. The number of halogens is 1. The third-order valence-electron chi connectivity index (χ3n) is 2.34. The van der Waals surface area contributed by atoms with Gasteiger partial charge in [-0.25, -0.2) is 4.98 Å². The number of pyridine rings is 1. The molecule has 1 unspecified atom stereocenters. The summed E-state index contributed by atoms with van der Waals surface area (Å²) in [6.45, 7) is 4.96. The van der Waals surface area contributed by atoms with Gasteiger partial charge in [-0.2, -0.15) is 0 Å². The average Bonchev–Trinajstić information content (AvgIpc) is 2.36. The summed E-state index contributed by atoms with van der Waals surface area (Å²) in [5.41, 5.74) is 0.510. The van der Waals surface area contributed by atoms with Crippen LogP contribution in [0.3, 0.4) is 0 Å². The van der Waals surface area contributed by atoms with Gasteiger partial charge in [-0.1, -0.05) is 0 Å². The van der Waals surface area contributed by atoms with Gasteiger partial charge >= 0.3 is 0 Å². The van der Waals surface area contributed by atoms with Gasteiger partial charge in [-0.05, 0) is 35.8 Å². The van der Waals surface area contributed by atoms with Gasteiger partial charge in [0, 0.05) is 30.9 Å². The maximum Gasteiger partial charge on any atom is 0.255 e. The third kappa shape index (κ3) is 4.27. The van der Waals surface area contributed by atoms with Gasteiger partial charge < -0.3 is 15.4 Å². The maximum absolute atomic E-state index is 12.0. The molecule has 5 nitrogen and oxygen atoms in total. The van der Waals surface area contributed by atoms with Gasteiger partial charge in [0.25, 0.3) is 5.91 Å². The number of carbonyl (C=O) groups excluding carboxylic acids is 1. The van der Waals surface area contributed by atoms with E-state index in [4.69, 9.17) is 4.74 Å². The zero-order valence-corrected chi connectivity index (χ0v) is 12.4. The van der Waals surface area contributed by atoms with Crippen LogP contribution in [0.2, 0.25) is 0 Å². The van der Waals surface area contributed by atoms with Crippen LogP contribution in [-0.2, 0) is 4.74 Å². The number of hydrogen-bond acceptors (Lipinski definition) is 4. The lowest BCUT2D eigenvalue weighted by molar-refractivity contribution is 0.0695. The fourth-order valence-electron chi connectivity index (χ4n) is 1.49. The van der Waals surface area contributed by atoms with E-state index >= 15 is 0 Å². The van der Waals surface area contributed by atoms with Crippen LogP contribution in [0.15, 0.2) is 16.7 Å². The Balaban J connectivity index is 2.68. The van der Waals surface area contributed by atoms with E-state index in [0.717, 1.165) is 4.47 Å². The molecule has 0 aliphatic heterocycles. The summed E-state index contributed by atoms with van der Waals surface area (Å²) < 4.78 is 6.12. The predicted octanol–water partition coefficient (Wildman–Crippen LogP) is 2.04. The first-order valence-corrected chi connectivity index (χ1v) is 6.60. The Morgan fingerprint density at radius 1 is 1.61 bits per heavy atom. The molecule has 0 radical (unpaired) electrons. The van der Waals surface area contributed by atoms with E-state index in [2.05, 4.69) is 31.5 Å². The number of nitrogens with one attached hydrogen (secondary N) is 2. The van der Waals surface area contributed by atoms with E-state index in [9.17, 15) is 4.79 Å². The van der Waals surface area contributed by atoms with Gasteiger partial charge in [-0.15, -0.1) is 0 Å². The van der Waals surface area contributed by atoms with Crippen LogP contribution in [0.25, 0.3) is 0 Å². The first-order valence-electron chi connectivity index (χ1n) is 5.81. The van der Waals surface area contributed by atoms with Crippen molar-refractivity contribution in [2.45, 2.75) is 20.0 Å². The first kappa shape index (κ1) is 14.9. The summed E-state index contributed by atoms with van der Waals surface area (Å²) in [5, 5.41) is 5.71. The van der Waals surface area contributed by atoms with Crippen molar-refractivity contribution in [2.24, 2.45) is 0 Å². The zero-order chi connectivity index (χ0) is 13.5. The van der Waals surface area contributed by atoms with E-state index in [-0.39, 0.29) is 12.0 Å². The second-order valence-electron chi connectivity index (χ2n) is 3.78. The highest BCUT2D eigenvalue weighted by atomic mass is 79.9. The fourth-order valence-corrected chi connectivity index (χ4v) is 1.82. The lowest BCUT2D eigenvalue weighted by Crippen LogP contribution is -2.32. The normalized spacial score (nSPS) is 12.0. The minimum absolute atomic E-state index is 0.00269. The summed E-state index contributed by atoms with van der Waals surface area (Å²) in [5.74, 6) is 0.388. The fraction of sp³-hybridized carbons (Fsp3) is 0.500. The molecule has 1 aromatic heterocycles. The molecular weight excluding hydrogens is 298 g/mol. The molecule has 2 N–H and O–H groups in total. The molecule has 0 aliphatic carbocycles. The minimum Gasteiger partial charge on any atom is -0.377 e. The second-order valence-corrected chi connectivity index (χ2v) is 4.69. The van der Waals surface area contributed by atoms with Crippen LogP contribution < -0.4 is 10.6 Å². The molecular formula is C12H18BrN3O2. The third-order valence-corrected chi connectivity index (χ3v) is 2.77. The van der Waals surface area contributed by atoms with E-state index in [0.29, 0.717) is 24.5 Å². The molecule has 18 heavy (non-hydrogen) atoms. The second kappa shape index (κ2) is 7.33. The maximum atomic E-state index is 12.0. The Kier molecular flexibility index (Phi) is 6.07. The Bertz CT molecular complexity index is 412. The van der Waals surface area contributed by atoms with Crippen molar-refractivity contribution < 1.29 is 9.53 Å². The van der Waals surface area contributed by atoms with Crippen molar-refractivity contribution in [3.63, 3.8) is 0 Å². The highest BCUT2D eigenvalue weighted by Crippen LogP contribution is 2.17. The van der Waals surface area contributed by atoms with Crippen LogP contribution in [0.1, 0.15) is 24.2 Å². The molecule has 0 aromatic carbocycles. The Hall–Kier alpha value is -1.14. The summed E-state index contributed by atoms with van der Waals surface area (Å²) in [4.78, 5) is 16.1. The summed E-state index contributed by atoms with van der Waals surface area (Å²) in [7, 11) is 1.73. The summed E-state index contributed by atoms with van der Waals surface area (Å²) in [6, 6.07) is 1.74. The number of hydrogen-bond donors (Lipinski definition) is 2. The number of carbonyl (C=O) groups is 1. The Labute approximate surface area is 115 Å². The highest BCUT2D eigenvalue weighted by Gasteiger charge is 2.13. The number of anilines is 1. The quantitative estimate of drug-likeness (QED) is 0.843. The molecule has 1 atom stereocenters. The van der Waals surface area contributed by atoms with Crippen molar-refractivity contribution in [1.29, 1.82) is 0 Å². The molecule has 0 spiro atoms. The van der Waals surface area contributed by atoms with Crippen LogP contribution in [0.4, 0.5) is 5.82 Å². The van der Waals surface area contributed by atoms with E-state index in [1.54, 1.807) is 19.3 Å². The molecule has 100 valence electrons. The van der Waals surface area contributed by atoms with E-state index in [1.165, 1.54) is 0 Å². The van der Waals surface area contributed by atoms with Gasteiger partial charge in [0.05, 0.1) is 11.7 Å². The van der Waals surface area contributed by atoms with Crippen molar-refractivity contribution in [2.75, 3.05) is 25.5 Å². The number of nitrogens with zero attached hydrogens (tertiary/aromatic N) is 1. The smallest absolute Gasteiger partial charge is 0.255 e. The molecule has 6 heteroatoms. The van der Waals surface area contributed by atoms with Gasteiger partial charge in [0.15, 0.2) is 0 Å². The van der Waals surface area contributed by atoms with E-state index in [1.807, 2.05) is 13.8 Å². The number of aromatic nitrogens is 1. The van der Waals surface area contributed by atoms with Crippen molar-refractivity contribution in [1.82, 2.24) is 10.3 Å². The average molecular weight is 316 g/mol. The number of rotatable bonds is 6. The molecule has 0 saturated heterocycles. The van der Waals surface area contributed by atoms with Gasteiger partial charge in [0.1, 0.15) is 5.82 Å². The van der Waals surface area contributed by atoms with Crippen LogP contribution in [0.5, 0.6) is 0 Å². The Morgan fingerprint density at radius 3 is 2.94 bits per heavy atom. The molecule has 1 aromatic rings. The predicted molar refractivity (Wildman–Crippen MR) is 74.9 cm³/mol. The largest absolute Gasteiger partial charge is 0.377 e. The number of ether oxygens (including phenoxy) is 1. The summed E-state index contributed by atoms with van der Waals surface area (Å²) >= 11 is 3.30. The van der Waals surface area contributed by atoms with E-state index < -0.39 is 0 Å². The molecule has 1 amide bonds. The lowest BCUT2D eigenvalue weighted by atomic mass is 10.2. The highest BCUT2D eigenvalue weighted by molar-refractivity contribution is 9.10. The lowest BCUT2D eigenvalue weighted by Gasteiger charge is -2.13. The molecule has 1 rings (SSSR count). The van der Waals surface area contributed by atoms with Gasteiger partial charge in [0.2, 0.25) is 0 Å². The number of amides is 1. The standard InChI is InChI=1S/C12H18BrN3O2/c1-4-18-8(2)6-16-12(17)10-5-9(13)7-15-11(10)14-3/h5,7-8H,4,6H2,1-3H3,(H,14,15)(H,16,17). The molecule has 0 aliphatic rings. The van der Waals surface area contributed by atoms with Crippen molar-refractivity contribution in [3.05, 3.63) is 22.3 Å². The SMILES string of the molecule is CCOC(C)CNC(=O)c1cc(Br)cnc1NC. The van der Waals surface area contributed by atoms with Crippen LogP contribution in [-0.4, -0.2) is 37.2 Å². The van der Waals surface area contributed by atoms with Gasteiger partial charge in [-0.3, -0.25) is 4.79 Å². The van der Waals surface area contributed by atoms with Crippen LogP contribution >= 0.6 is 15.9 Å². The summed E-state index contributed by atoms with van der Waals surface area (Å²) in [6.07, 6.45) is 1.64. The topological polar surface area (TPSA) is 63.2 Å². The molecule has 0 fully saturated rings.